The third kappa shape index (κ3) is 3.68. The van der Waals surface area contributed by atoms with Crippen LogP contribution in [0.3, 0.4) is 0 Å². The third-order valence-corrected chi connectivity index (χ3v) is 4.23. The topological polar surface area (TPSA) is 58.8 Å². The van der Waals surface area contributed by atoms with Gasteiger partial charge in [0.25, 0.3) is 0 Å². The average molecular weight is 269 g/mol. The maximum absolute atomic E-state index is 12.4. The Kier molecular flexibility index (Phi) is 4.81. The van der Waals surface area contributed by atoms with Gasteiger partial charge in [-0.05, 0) is 39.7 Å². The highest BCUT2D eigenvalue weighted by Crippen LogP contribution is 2.22. The molecule has 5 nitrogen and oxygen atoms in total. The van der Waals surface area contributed by atoms with Crippen molar-refractivity contribution in [2.45, 2.75) is 45.4 Å². The minimum atomic E-state index is 0.139. The van der Waals surface area contributed by atoms with Gasteiger partial charge in [0.15, 0.2) is 0 Å². The Morgan fingerprint density at radius 3 is 2.37 bits per heavy atom. The number of carbonyl (C=O) groups excluding carboxylic acids is 1. The molecule has 2 fully saturated rings. The molecule has 2 saturated heterocycles. The van der Waals surface area contributed by atoms with Gasteiger partial charge in [0.2, 0.25) is 5.91 Å². The van der Waals surface area contributed by atoms with E-state index >= 15 is 0 Å². The van der Waals surface area contributed by atoms with Crippen molar-refractivity contribution in [3.05, 3.63) is 0 Å². The van der Waals surface area contributed by atoms with Crippen LogP contribution in [-0.4, -0.2) is 66.7 Å². The second-order valence-corrected chi connectivity index (χ2v) is 6.17. The molecule has 0 bridgehead atoms. The van der Waals surface area contributed by atoms with Gasteiger partial charge in [0, 0.05) is 25.7 Å². The molecule has 5 heteroatoms. The largest absolute Gasteiger partial charge is 0.372 e. The summed E-state index contributed by atoms with van der Waals surface area (Å²) in [6.07, 6.45) is 1.39. The van der Waals surface area contributed by atoms with Crippen LogP contribution >= 0.6 is 0 Å². The van der Waals surface area contributed by atoms with Crippen molar-refractivity contribution in [2.75, 3.05) is 32.7 Å². The summed E-state index contributed by atoms with van der Waals surface area (Å²) in [7, 11) is 0. The van der Waals surface area contributed by atoms with Crippen LogP contribution in [0, 0.1) is 5.92 Å². The SMILES string of the molecule is CC1CN(C(=O)CN2CC(CN)CC2C)CC(C)O1. The Morgan fingerprint density at radius 2 is 1.84 bits per heavy atom. The van der Waals surface area contributed by atoms with Crippen molar-refractivity contribution in [3.63, 3.8) is 0 Å². The number of nitrogens with two attached hydrogens (primary N) is 1. The zero-order valence-electron chi connectivity index (χ0n) is 12.3. The summed E-state index contributed by atoms with van der Waals surface area (Å²) < 4.78 is 5.67. The van der Waals surface area contributed by atoms with E-state index in [0.717, 1.165) is 19.5 Å². The van der Waals surface area contributed by atoms with E-state index in [1.54, 1.807) is 0 Å². The summed E-state index contributed by atoms with van der Waals surface area (Å²) in [5, 5.41) is 0. The van der Waals surface area contributed by atoms with Crippen molar-refractivity contribution in [2.24, 2.45) is 11.7 Å². The fourth-order valence-electron chi connectivity index (χ4n) is 3.26. The summed E-state index contributed by atoms with van der Waals surface area (Å²) in [6, 6.07) is 0.466. The summed E-state index contributed by atoms with van der Waals surface area (Å²) in [6.45, 7) is 9.87. The van der Waals surface area contributed by atoms with Crippen LogP contribution in [-0.2, 0) is 9.53 Å². The van der Waals surface area contributed by atoms with Crippen molar-refractivity contribution < 1.29 is 9.53 Å². The quantitative estimate of drug-likeness (QED) is 0.800. The predicted molar refractivity (Wildman–Crippen MR) is 74.8 cm³/mol. The Morgan fingerprint density at radius 1 is 1.21 bits per heavy atom. The van der Waals surface area contributed by atoms with Crippen LogP contribution in [0.1, 0.15) is 27.2 Å². The fourth-order valence-corrected chi connectivity index (χ4v) is 3.26. The molecule has 4 unspecified atom stereocenters. The van der Waals surface area contributed by atoms with Gasteiger partial charge in [-0.2, -0.15) is 0 Å². The third-order valence-electron chi connectivity index (χ3n) is 4.23. The second-order valence-electron chi connectivity index (χ2n) is 6.17. The van der Waals surface area contributed by atoms with Crippen molar-refractivity contribution in [1.29, 1.82) is 0 Å². The van der Waals surface area contributed by atoms with Gasteiger partial charge >= 0.3 is 0 Å². The van der Waals surface area contributed by atoms with Gasteiger partial charge in [-0.1, -0.05) is 0 Å². The first kappa shape index (κ1) is 14.8. The number of carbonyl (C=O) groups is 1. The Hall–Kier alpha value is -0.650. The summed E-state index contributed by atoms with van der Waals surface area (Å²) in [5.41, 5.74) is 5.73. The lowest BCUT2D eigenvalue weighted by Gasteiger charge is -2.36. The van der Waals surface area contributed by atoms with Crippen LogP contribution < -0.4 is 5.73 Å². The zero-order valence-corrected chi connectivity index (χ0v) is 12.3. The van der Waals surface area contributed by atoms with Crippen molar-refractivity contribution in [1.82, 2.24) is 9.80 Å². The van der Waals surface area contributed by atoms with Crippen LogP contribution in [0.2, 0.25) is 0 Å². The molecule has 0 saturated carbocycles. The molecule has 19 heavy (non-hydrogen) atoms. The summed E-state index contributed by atoms with van der Waals surface area (Å²) >= 11 is 0. The number of nitrogens with zero attached hydrogens (tertiary/aromatic N) is 2. The summed E-state index contributed by atoms with van der Waals surface area (Å²) in [4.78, 5) is 16.6. The van der Waals surface area contributed by atoms with Gasteiger partial charge in [0.05, 0.1) is 18.8 Å². The van der Waals surface area contributed by atoms with E-state index in [9.17, 15) is 4.79 Å². The maximum atomic E-state index is 12.4. The first-order valence-corrected chi connectivity index (χ1v) is 7.37. The number of likely N-dealkylation sites (tertiary alicyclic amines) is 1. The smallest absolute Gasteiger partial charge is 0.236 e. The summed E-state index contributed by atoms with van der Waals surface area (Å²) in [5.74, 6) is 0.775. The second kappa shape index (κ2) is 6.20. The molecule has 0 aliphatic carbocycles. The lowest BCUT2D eigenvalue weighted by Crippen LogP contribution is -2.51. The van der Waals surface area contributed by atoms with Gasteiger partial charge in [-0.3, -0.25) is 9.69 Å². The van der Waals surface area contributed by atoms with Crippen LogP contribution in [0.5, 0.6) is 0 Å². The van der Waals surface area contributed by atoms with E-state index in [1.807, 2.05) is 18.7 Å². The molecule has 1 amide bonds. The van der Waals surface area contributed by atoms with Crippen LogP contribution in [0.15, 0.2) is 0 Å². The monoisotopic (exact) mass is 269 g/mol. The van der Waals surface area contributed by atoms with E-state index in [1.165, 1.54) is 0 Å². The molecule has 4 atom stereocenters. The van der Waals surface area contributed by atoms with Gasteiger partial charge < -0.3 is 15.4 Å². The highest BCUT2D eigenvalue weighted by Gasteiger charge is 2.32. The molecule has 110 valence electrons. The number of rotatable bonds is 3. The highest BCUT2D eigenvalue weighted by atomic mass is 16.5. The molecule has 2 heterocycles. The number of amides is 1. The number of morpholine rings is 1. The molecule has 2 rings (SSSR count). The molecule has 2 aliphatic heterocycles. The average Bonchev–Trinajstić information content (AvgIpc) is 2.69. The first-order chi connectivity index (χ1) is 8.99. The van der Waals surface area contributed by atoms with Crippen molar-refractivity contribution in [3.8, 4) is 0 Å². The number of hydrogen-bond acceptors (Lipinski definition) is 4. The van der Waals surface area contributed by atoms with E-state index < -0.39 is 0 Å². The van der Waals surface area contributed by atoms with Crippen LogP contribution in [0.25, 0.3) is 0 Å². The molecule has 0 radical (unpaired) electrons. The highest BCUT2D eigenvalue weighted by molar-refractivity contribution is 5.78. The van der Waals surface area contributed by atoms with Crippen LogP contribution in [0.4, 0.5) is 0 Å². The van der Waals surface area contributed by atoms with E-state index in [0.29, 0.717) is 31.6 Å². The normalized spacial score (nSPS) is 36.7. The first-order valence-electron chi connectivity index (χ1n) is 7.37. The molecule has 0 aromatic heterocycles. The minimum absolute atomic E-state index is 0.139. The molecule has 2 aliphatic rings. The van der Waals surface area contributed by atoms with E-state index in [2.05, 4.69) is 11.8 Å². The number of ether oxygens (including phenoxy) is 1. The minimum Gasteiger partial charge on any atom is -0.372 e. The molecular formula is C14H27N3O2. The Bertz CT molecular complexity index is 314. The fraction of sp³-hybridized carbons (Fsp3) is 0.929. The van der Waals surface area contributed by atoms with Gasteiger partial charge in [-0.25, -0.2) is 0 Å². The lowest BCUT2D eigenvalue weighted by atomic mass is 10.1. The lowest BCUT2D eigenvalue weighted by molar-refractivity contribution is -0.144. The molecule has 2 N–H and O–H groups in total. The molecular weight excluding hydrogens is 242 g/mol. The van der Waals surface area contributed by atoms with Gasteiger partial charge in [0.1, 0.15) is 0 Å². The maximum Gasteiger partial charge on any atom is 0.236 e. The Labute approximate surface area is 116 Å². The molecule has 0 spiro atoms. The zero-order chi connectivity index (χ0) is 14.0. The molecule has 0 aromatic carbocycles. The number of hydrogen-bond donors (Lipinski definition) is 1. The predicted octanol–water partition coefficient (Wildman–Crippen LogP) is 0.291. The Balaban J connectivity index is 1.87. The van der Waals surface area contributed by atoms with Gasteiger partial charge in [-0.15, -0.1) is 0 Å². The van der Waals surface area contributed by atoms with E-state index in [4.69, 9.17) is 10.5 Å². The van der Waals surface area contributed by atoms with E-state index in [-0.39, 0.29) is 18.1 Å². The molecule has 0 aromatic rings. The van der Waals surface area contributed by atoms with Crippen molar-refractivity contribution >= 4 is 5.91 Å². The standard InChI is InChI=1S/C14H27N3O2/c1-10-4-13(5-15)8-16(10)9-14(18)17-6-11(2)19-12(3)7-17/h10-13H,4-9,15H2,1-3H3.